The Balaban J connectivity index is 1.38. The van der Waals surface area contributed by atoms with Gasteiger partial charge in [-0.2, -0.15) is 0 Å². The number of hydrogen-bond acceptors (Lipinski definition) is 8. The molecule has 194 valence electrons. The molecule has 1 amide bonds. The minimum Gasteiger partial charge on any atom is -0.353 e. The van der Waals surface area contributed by atoms with Crippen molar-refractivity contribution in [2.45, 2.75) is 25.6 Å². The lowest BCUT2D eigenvalue weighted by Crippen LogP contribution is -2.43. The van der Waals surface area contributed by atoms with Crippen LogP contribution >= 0.6 is 11.6 Å². The minimum atomic E-state index is -1.26. The summed E-state index contributed by atoms with van der Waals surface area (Å²) in [4.78, 5) is 52.1. The van der Waals surface area contributed by atoms with Crippen molar-refractivity contribution in [3.05, 3.63) is 72.2 Å². The zero-order chi connectivity index (χ0) is 26.8. The first-order valence-corrected chi connectivity index (χ1v) is 12.2. The van der Waals surface area contributed by atoms with E-state index in [2.05, 4.69) is 25.6 Å². The fraction of sp³-hybridized carbons (Fsp3) is 0.231. The number of hydrogen-bond donors (Lipinski definition) is 2. The van der Waals surface area contributed by atoms with Crippen LogP contribution in [0.1, 0.15) is 28.5 Å². The number of carbonyl (C=O) groups is 3. The number of fused-ring (bicyclic) bond motifs is 1. The van der Waals surface area contributed by atoms with Gasteiger partial charge in [0.1, 0.15) is 12.5 Å². The molecule has 4 heterocycles. The van der Waals surface area contributed by atoms with E-state index in [9.17, 15) is 18.8 Å². The fourth-order valence-electron chi connectivity index (χ4n) is 4.58. The average molecular weight is 536 g/mol. The highest BCUT2D eigenvalue weighted by Crippen LogP contribution is 2.28. The molecule has 0 unspecified atom stereocenters. The van der Waals surface area contributed by atoms with Gasteiger partial charge < -0.3 is 10.6 Å². The molecule has 5 rings (SSSR count). The highest BCUT2D eigenvalue weighted by molar-refractivity contribution is 6.30. The van der Waals surface area contributed by atoms with Crippen molar-refractivity contribution in [1.82, 2.24) is 24.4 Å². The summed E-state index contributed by atoms with van der Waals surface area (Å²) in [7, 11) is 0. The van der Waals surface area contributed by atoms with E-state index in [4.69, 9.17) is 11.6 Å². The second-order valence-corrected chi connectivity index (χ2v) is 9.44. The monoisotopic (exact) mass is 535 g/mol. The van der Waals surface area contributed by atoms with Gasteiger partial charge in [0, 0.05) is 42.0 Å². The highest BCUT2D eigenvalue weighted by Gasteiger charge is 2.38. The Morgan fingerprint density at radius 3 is 2.55 bits per heavy atom. The number of alkyl halides is 1. The first-order valence-electron chi connectivity index (χ1n) is 11.8. The van der Waals surface area contributed by atoms with Crippen molar-refractivity contribution < 1.29 is 18.8 Å². The number of amides is 1. The second-order valence-electron chi connectivity index (χ2n) is 9.01. The Morgan fingerprint density at radius 2 is 1.82 bits per heavy atom. The number of carbonyl (C=O) groups excluding carboxylic acids is 3. The van der Waals surface area contributed by atoms with Crippen LogP contribution in [0.2, 0.25) is 5.02 Å². The first-order chi connectivity index (χ1) is 18.3. The summed E-state index contributed by atoms with van der Waals surface area (Å²) in [6.07, 6.45) is 7.69. The topological polar surface area (TPSA) is 122 Å². The quantitative estimate of drug-likeness (QED) is 0.339. The Hall–Kier alpha value is -4.22. The number of Topliss-reactive ketones (excluding diaryl/α,β-unsaturated/α-hetero) is 1. The molecule has 0 aliphatic carbocycles. The van der Waals surface area contributed by atoms with Gasteiger partial charge in [-0.15, -0.1) is 0 Å². The zero-order valence-electron chi connectivity index (χ0n) is 20.3. The molecule has 1 aromatic carbocycles. The van der Waals surface area contributed by atoms with E-state index in [1.54, 1.807) is 30.6 Å². The summed E-state index contributed by atoms with van der Waals surface area (Å²) in [5.41, 5.74) is 2.63. The largest absolute Gasteiger partial charge is 0.353 e. The van der Waals surface area contributed by atoms with Crippen LogP contribution in [-0.4, -0.2) is 67.3 Å². The van der Waals surface area contributed by atoms with Crippen molar-refractivity contribution >= 4 is 57.2 Å². The van der Waals surface area contributed by atoms with E-state index in [1.807, 2.05) is 0 Å². The van der Waals surface area contributed by atoms with Gasteiger partial charge in [0.25, 0.3) is 0 Å². The molecule has 2 atom stereocenters. The van der Waals surface area contributed by atoms with E-state index in [1.165, 1.54) is 47.4 Å². The maximum Gasteiger partial charge on any atom is 0.245 e. The number of pyridine rings is 1. The van der Waals surface area contributed by atoms with Crippen molar-refractivity contribution in [2.24, 2.45) is 0 Å². The molecule has 4 aromatic rings. The predicted octanol–water partition coefficient (Wildman–Crippen LogP) is 4.12. The normalized spacial score (nSPS) is 17.4. The van der Waals surface area contributed by atoms with E-state index in [-0.39, 0.29) is 25.3 Å². The molecule has 1 aliphatic rings. The number of halogens is 2. The number of aromatic nitrogens is 4. The lowest BCUT2D eigenvalue weighted by atomic mass is 10.1. The SMILES string of the molecule is CC(=O)c1cn(C(=O)CN2C[C@H](F)C[C@H]2C(=O)Nc2cncc(Cl)c2)c2ccc(Nc3cncnc3)cc12. The number of ketones is 1. The summed E-state index contributed by atoms with van der Waals surface area (Å²) in [5, 5.41) is 6.79. The molecule has 1 fully saturated rings. The third kappa shape index (κ3) is 5.38. The Labute approximate surface area is 221 Å². The van der Waals surface area contributed by atoms with Gasteiger partial charge >= 0.3 is 0 Å². The zero-order valence-corrected chi connectivity index (χ0v) is 21.0. The maximum atomic E-state index is 14.4. The van der Waals surface area contributed by atoms with Crippen molar-refractivity contribution in [2.75, 3.05) is 23.7 Å². The van der Waals surface area contributed by atoms with E-state index >= 15 is 0 Å². The van der Waals surface area contributed by atoms with Gasteiger partial charge in [0.05, 0.1) is 53.1 Å². The predicted molar refractivity (Wildman–Crippen MR) is 141 cm³/mol. The van der Waals surface area contributed by atoms with Crippen molar-refractivity contribution in [1.29, 1.82) is 0 Å². The lowest BCUT2D eigenvalue weighted by Gasteiger charge is -2.22. The molecule has 1 saturated heterocycles. The molecule has 2 N–H and O–H groups in total. The molecule has 0 bridgehead atoms. The van der Waals surface area contributed by atoms with Gasteiger partial charge in [0.2, 0.25) is 11.8 Å². The van der Waals surface area contributed by atoms with E-state index in [0.717, 1.165) is 0 Å². The molecule has 38 heavy (non-hydrogen) atoms. The molecule has 0 radical (unpaired) electrons. The smallest absolute Gasteiger partial charge is 0.245 e. The molecular weight excluding hydrogens is 513 g/mol. The Bertz CT molecular complexity index is 1530. The van der Waals surface area contributed by atoms with Crippen molar-refractivity contribution in [3.8, 4) is 0 Å². The lowest BCUT2D eigenvalue weighted by molar-refractivity contribution is -0.120. The van der Waals surface area contributed by atoms with Crippen LogP contribution in [0.15, 0.2) is 61.6 Å². The number of nitrogens with one attached hydrogen (secondary N) is 2. The number of benzene rings is 1. The van der Waals surface area contributed by atoms with Gasteiger partial charge in [0.15, 0.2) is 5.78 Å². The minimum absolute atomic E-state index is 0.0452. The van der Waals surface area contributed by atoms with Crippen LogP contribution in [0.5, 0.6) is 0 Å². The maximum absolute atomic E-state index is 14.4. The summed E-state index contributed by atoms with van der Waals surface area (Å²) >= 11 is 5.93. The molecule has 10 nitrogen and oxygen atoms in total. The summed E-state index contributed by atoms with van der Waals surface area (Å²) < 4.78 is 15.8. The van der Waals surface area contributed by atoms with E-state index in [0.29, 0.717) is 38.6 Å². The number of rotatable bonds is 7. The molecule has 3 aromatic heterocycles. The van der Waals surface area contributed by atoms with Gasteiger partial charge in [-0.05, 0) is 31.2 Å². The molecule has 1 aliphatic heterocycles. The standard InChI is InChI=1S/C26H23ClFN7O3/c1-15(36)22-12-35(23-3-2-18(6-21(22)23)32-20-9-30-14-31-10-20)25(37)13-34-11-17(28)5-24(34)26(38)33-19-4-16(27)7-29-8-19/h2-4,6-10,12,14,17,24,32H,5,11,13H2,1H3,(H,33,38)/t17-,24+/m1/s1. The van der Waals surface area contributed by atoms with Crippen LogP contribution in [0.25, 0.3) is 10.9 Å². The van der Waals surface area contributed by atoms with Crippen LogP contribution in [0.4, 0.5) is 21.5 Å². The first kappa shape index (κ1) is 25.4. The molecular formula is C26H23ClFN7O3. The van der Waals surface area contributed by atoms with Crippen LogP contribution in [0, 0.1) is 0 Å². The highest BCUT2D eigenvalue weighted by atomic mass is 35.5. The van der Waals surface area contributed by atoms with Crippen LogP contribution in [0.3, 0.4) is 0 Å². The average Bonchev–Trinajstić information content (AvgIpc) is 3.45. The number of nitrogens with zero attached hydrogens (tertiary/aromatic N) is 5. The van der Waals surface area contributed by atoms with Crippen LogP contribution < -0.4 is 10.6 Å². The van der Waals surface area contributed by atoms with Crippen molar-refractivity contribution in [3.63, 3.8) is 0 Å². The third-order valence-corrected chi connectivity index (χ3v) is 6.47. The van der Waals surface area contributed by atoms with E-state index < -0.39 is 24.0 Å². The Morgan fingerprint density at radius 1 is 1.05 bits per heavy atom. The molecule has 12 heteroatoms. The molecule has 0 saturated carbocycles. The fourth-order valence-corrected chi connectivity index (χ4v) is 4.75. The number of likely N-dealkylation sites (tertiary alicyclic amines) is 1. The summed E-state index contributed by atoms with van der Waals surface area (Å²) in [6.45, 7) is 1.15. The molecule has 0 spiro atoms. The van der Waals surface area contributed by atoms with Gasteiger partial charge in [-0.1, -0.05) is 11.6 Å². The summed E-state index contributed by atoms with van der Waals surface area (Å²) in [6, 6.07) is 5.94. The Kier molecular flexibility index (Phi) is 7.12. The van der Waals surface area contributed by atoms with Gasteiger partial charge in [-0.3, -0.25) is 28.8 Å². The third-order valence-electron chi connectivity index (χ3n) is 6.27. The van der Waals surface area contributed by atoms with Crippen LogP contribution in [-0.2, 0) is 4.79 Å². The summed E-state index contributed by atoms with van der Waals surface area (Å²) in [5.74, 6) is -1.06. The second kappa shape index (κ2) is 10.6. The van der Waals surface area contributed by atoms with Gasteiger partial charge in [-0.25, -0.2) is 14.4 Å². The number of anilines is 3.